The Kier molecular flexibility index (Phi) is 7.38. The molecule has 1 aromatic heterocycles. The van der Waals surface area contributed by atoms with E-state index in [0.29, 0.717) is 6.61 Å². The number of benzene rings is 2. The first-order valence-electron chi connectivity index (χ1n) is 8.82. The monoisotopic (exact) mass is 405 g/mol. The first-order valence-corrected chi connectivity index (χ1v) is 11.5. The van der Waals surface area contributed by atoms with Crippen molar-refractivity contribution in [2.75, 3.05) is 18.6 Å². The van der Waals surface area contributed by atoms with Crippen molar-refractivity contribution < 1.29 is 4.18 Å². The standard InChI is InChI=1S/C21H24ClNOS2/c1-3-26-14-16-5-4-6-19-20(13-23-21(16)19)18(11-12-24-25-2)15-7-9-17(22)10-8-15/h4-10,13,18,23H,3,11-12,14H2,1-2H3. The van der Waals surface area contributed by atoms with Gasteiger partial charge in [0.1, 0.15) is 0 Å². The molecule has 2 nitrogen and oxygen atoms in total. The maximum Gasteiger partial charge on any atom is 0.0622 e. The molecule has 0 bridgehead atoms. The van der Waals surface area contributed by atoms with Crippen LogP contribution in [0.1, 0.15) is 36.0 Å². The zero-order chi connectivity index (χ0) is 18.4. The molecule has 26 heavy (non-hydrogen) atoms. The SMILES string of the molecule is CCSCc1cccc2c(C(CCOSC)c3ccc(Cl)cc3)c[nH]c12. The summed E-state index contributed by atoms with van der Waals surface area (Å²) in [5, 5.41) is 2.08. The first-order chi connectivity index (χ1) is 12.7. The number of halogens is 1. The van der Waals surface area contributed by atoms with Gasteiger partial charge in [0.25, 0.3) is 0 Å². The normalized spacial score (nSPS) is 12.6. The average molecular weight is 406 g/mol. The van der Waals surface area contributed by atoms with Gasteiger partial charge in [-0.15, -0.1) is 0 Å². The molecule has 0 amide bonds. The molecule has 0 saturated carbocycles. The summed E-state index contributed by atoms with van der Waals surface area (Å²) in [7, 11) is 0. The van der Waals surface area contributed by atoms with E-state index in [1.165, 1.54) is 39.6 Å². The summed E-state index contributed by atoms with van der Waals surface area (Å²) >= 11 is 9.47. The number of fused-ring (bicyclic) bond motifs is 1. The average Bonchev–Trinajstić information content (AvgIpc) is 3.09. The van der Waals surface area contributed by atoms with Crippen LogP contribution in [0.4, 0.5) is 0 Å². The number of thioether (sulfide) groups is 1. The molecule has 2 aromatic carbocycles. The molecular weight excluding hydrogens is 382 g/mol. The van der Waals surface area contributed by atoms with E-state index in [2.05, 4.69) is 48.4 Å². The second-order valence-electron chi connectivity index (χ2n) is 6.10. The molecule has 0 aliphatic rings. The summed E-state index contributed by atoms with van der Waals surface area (Å²) in [6, 6.07) is 14.8. The van der Waals surface area contributed by atoms with Crippen LogP contribution in [0.3, 0.4) is 0 Å². The maximum absolute atomic E-state index is 6.10. The van der Waals surface area contributed by atoms with E-state index in [1.807, 2.05) is 30.2 Å². The topological polar surface area (TPSA) is 25.0 Å². The van der Waals surface area contributed by atoms with Crippen molar-refractivity contribution in [1.82, 2.24) is 4.98 Å². The van der Waals surface area contributed by atoms with Gasteiger partial charge in [0.2, 0.25) is 0 Å². The van der Waals surface area contributed by atoms with Crippen LogP contribution in [0, 0.1) is 0 Å². The fourth-order valence-corrected chi connectivity index (χ4v) is 4.36. The largest absolute Gasteiger partial charge is 0.361 e. The number of hydrogen-bond donors (Lipinski definition) is 1. The summed E-state index contributed by atoms with van der Waals surface area (Å²) in [5.41, 5.74) is 5.23. The molecule has 1 atom stereocenters. The number of hydrogen-bond acceptors (Lipinski definition) is 3. The van der Waals surface area contributed by atoms with Crippen molar-refractivity contribution in [1.29, 1.82) is 0 Å². The van der Waals surface area contributed by atoms with E-state index in [9.17, 15) is 0 Å². The quantitative estimate of drug-likeness (QED) is 0.310. The fraction of sp³-hybridized carbons (Fsp3) is 0.333. The highest BCUT2D eigenvalue weighted by Crippen LogP contribution is 2.35. The minimum Gasteiger partial charge on any atom is -0.361 e. The Labute approximate surface area is 169 Å². The van der Waals surface area contributed by atoms with E-state index in [-0.39, 0.29) is 5.92 Å². The van der Waals surface area contributed by atoms with Gasteiger partial charge in [-0.1, -0.05) is 48.9 Å². The van der Waals surface area contributed by atoms with Crippen molar-refractivity contribution >= 4 is 46.3 Å². The van der Waals surface area contributed by atoms with Crippen molar-refractivity contribution in [3.05, 3.63) is 70.4 Å². The predicted octanol–water partition coefficient (Wildman–Crippen LogP) is 6.89. The molecule has 0 radical (unpaired) electrons. The third-order valence-corrected chi connectivity index (χ3v) is 6.13. The Balaban J connectivity index is 1.98. The molecule has 0 aliphatic heterocycles. The van der Waals surface area contributed by atoms with E-state index >= 15 is 0 Å². The van der Waals surface area contributed by atoms with Gasteiger partial charge in [0.15, 0.2) is 0 Å². The molecule has 0 spiro atoms. The molecule has 3 rings (SSSR count). The minimum absolute atomic E-state index is 0.280. The van der Waals surface area contributed by atoms with Crippen LogP contribution >= 0.6 is 35.4 Å². The molecule has 5 heteroatoms. The van der Waals surface area contributed by atoms with E-state index in [1.54, 1.807) is 0 Å². The molecule has 1 N–H and O–H groups in total. The Morgan fingerprint density at radius 3 is 2.69 bits per heavy atom. The smallest absolute Gasteiger partial charge is 0.0622 e. The number of rotatable bonds is 9. The minimum atomic E-state index is 0.280. The van der Waals surface area contributed by atoms with Crippen LogP contribution in [0.25, 0.3) is 10.9 Å². The molecule has 0 fully saturated rings. The van der Waals surface area contributed by atoms with Crippen molar-refractivity contribution in [2.24, 2.45) is 0 Å². The van der Waals surface area contributed by atoms with Gasteiger partial charge in [-0.25, -0.2) is 0 Å². The van der Waals surface area contributed by atoms with Crippen LogP contribution in [0.2, 0.25) is 5.02 Å². The van der Waals surface area contributed by atoms with Gasteiger partial charge in [0.05, 0.1) is 6.61 Å². The fourth-order valence-electron chi connectivity index (χ4n) is 3.31. The predicted molar refractivity (Wildman–Crippen MR) is 118 cm³/mol. The van der Waals surface area contributed by atoms with Crippen molar-refractivity contribution in [3.8, 4) is 0 Å². The summed E-state index contributed by atoms with van der Waals surface area (Å²) in [6.45, 7) is 2.92. The van der Waals surface area contributed by atoms with E-state index < -0.39 is 0 Å². The third kappa shape index (κ3) is 4.61. The molecular formula is C21H24ClNOS2. The lowest BCUT2D eigenvalue weighted by Gasteiger charge is -2.17. The number of nitrogens with one attached hydrogen (secondary N) is 1. The Bertz CT molecular complexity index is 832. The third-order valence-electron chi connectivity index (χ3n) is 4.55. The van der Waals surface area contributed by atoms with Crippen molar-refractivity contribution in [3.63, 3.8) is 0 Å². The second kappa shape index (κ2) is 9.75. The maximum atomic E-state index is 6.10. The van der Waals surface area contributed by atoms with Crippen LogP contribution in [-0.2, 0) is 9.94 Å². The molecule has 138 valence electrons. The highest BCUT2D eigenvalue weighted by Gasteiger charge is 2.19. The Morgan fingerprint density at radius 2 is 1.96 bits per heavy atom. The van der Waals surface area contributed by atoms with Crippen molar-refractivity contribution in [2.45, 2.75) is 25.0 Å². The highest BCUT2D eigenvalue weighted by molar-refractivity contribution is 7.98. The summed E-state index contributed by atoms with van der Waals surface area (Å²) in [4.78, 5) is 3.53. The highest BCUT2D eigenvalue weighted by atomic mass is 35.5. The second-order valence-corrected chi connectivity index (χ2v) is 8.38. The van der Waals surface area contributed by atoms with E-state index in [4.69, 9.17) is 15.8 Å². The molecule has 1 unspecified atom stereocenters. The van der Waals surface area contributed by atoms with Gasteiger partial charge in [-0.2, -0.15) is 11.8 Å². The molecule has 3 aromatic rings. The zero-order valence-electron chi connectivity index (χ0n) is 15.1. The van der Waals surface area contributed by atoms with Gasteiger partial charge in [-0.3, -0.25) is 0 Å². The summed E-state index contributed by atoms with van der Waals surface area (Å²) in [6.07, 6.45) is 5.06. The van der Waals surface area contributed by atoms with E-state index in [0.717, 1.165) is 22.9 Å². The lowest BCUT2D eigenvalue weighted by molar-refractivity contribution is 0.357. The lowest BCUT2D eigenvalue weighted by Crippen LogP contribution is -2.04. The van der Waals surface area contributed by atoms with Crippen LogP contribution in [0.15, 0.2) is 48.7 Å². The molecule has 0 saturated heterocycles. The molecule has 0 aliphatic carbocycles. The van der Waals surface area contributed by atoms with Gasteiger partial charge in [-0.05, 0) is 53.0 Å². The lowest BCUT2D eigenvalue weighted by atomic mass is 9.88. The van der Waals surface area contributed by atoms with Crippen LogP contribution in [-0.4, -0.2) is 23.6 Å². The summed E-state index contributed by atoms with van der Waals surface area (Å²) in [5.74, 6) is 2.44. The van der Waals surface area contributed by atoms with Crippen LogP contribution in [0.5, 0.6) is 0 Å². The van der Waals surface area contributed by atoms with Gasteiger partial charge < -0.3 is 9.17 Å². The Hall–Kier alpha value is -1.07. The number of para-hydroxylation sites is 1. The number of aromatic nitrogens is 1. The molecule has 1 heterocycles. The van der Waals surface area contributed by atoms with Crippen LogP contribution < -0.4 is 0 Å². The summed E-state index contributed by atoms with van der Waals surface area (Å²) < 4.78 is 5.57. The zero-order valence-corrected chi connectivity index (χ0v) is 17.5. The van der Waals surface area contributed by atoms with Gasteiger partial charge in [0, 0.05) is 40.0 Å². The Morgan fingerprint density at radius 1 is 1.15 bits per heavy atom. The first kappa shape index (κ1) is 19.7. The number of H-pyrrole nitrogens is 1. The van der Waals surface area contributed by atoms with Gasteiger partial charge >= 0.3 is 0 Å². The number of aromatic amines is 1.